The maximum atomic E-state index is 11.4. The van der Waals surface area contributed by atoms with Gasteiger partial charge in [0.1, 0.15) is 5.82 Å². The Morgan fingerprint density at radius 2 is 1.73 bits per heavy atom. The third kappa shape index (κ3) is 5.10. The van der Waals surface area contributed by atoms with Crippen molar-refractivity contribution in [2.24, 2.45) is 0 Å². The molecule has 0 saturated heterocycles. The molecule has 5 nitrogen and oxygen atoms in total. The van der Waals surface area contributed by atoms with Crippen LogP contribution < -0.4 is 5.48 Å². The van der Waals surface area contributed by atoms with Gasteiger partial charge < -0.3 is 4.57 Å². The Morgan fingerprint density at radius 1 is 1.03 bits per heavy atom. The Kier molecular flexibility index (Phi) is 6.81. The number of imidazole rings is 1. The Morgan fingerprint density at radius 3 is 2.42 bits per heavy atom. The van der Waals surface area contributed by atoms with Crippen molar-refractivity contribution >= 4 is 12.0 Å². The summed E-state index contributed by atoms with van der Waals surface area (Å²) in [5, 5.41) is 8.75. The van der Waals surface area contributed by atoms with Crippen molar-refractivity contribution in [1.82, 2.24) is 15.0 Å². The molecule has 166 valence electrons. The van der Waals surface area contributed by atoms with Crippen LogP contribution in [0.15, 0.2) is 91.0 Å². The van der Waals surface area contributed by atoms with Crippen LogP contribution in [0.1, 0.15) is 41.2 Å². The summed E-state index contributed by atoms with van der Waals surface area (Å²) in [5.41, 5.74) is 7.93. The average molecular weight is 438 g/mol. The molecule has 0 aliphatic rings. The van der Waals surface area contributed by atoms with Gasteiger partial charge in [0.05, 0.1) is 17.4 Å². The standard InChI is InChI=1S/C28H27N3O2/c1-20-28(25-15-9-12-23(18-25)16-17-27(32)30-33)31(21(2)24-13-7-4-8-14-24)26(29-20)19-22-10-5-3-6-11-22/h3-18,21,33H,19H2,1-2H3,(H,30,32)/t21-/m1/s1. The van der Waals surface area contributed by atoms with E-state index in [-0.39, 0.29) is 6.04 Å². The lowest BCUT2D eigenvalue weighted by molar-refractivity contribution is -0.124. The van der Waals surface area contributed by atoms with E-state index in [1.54, 1.807) is 11.6 Å². The third-order valence-corrected chi connectivity index (χ3v) is 5.73. The highest BCUT2D eigenvalue weighted by molar-refractivity contribution is 5.91. The highest BCUT2D eigenvalue weighted by Crippen LogP contribution is 2.32. The number of hydroxylamine groups is 1. The second kappa shape index (κ2) is 10.1. The Bertz CT molecular complexity index is 1260. The summed E-state index contributed by atoms with van der Waals surface area (Å²) >= 11 is 0. The van der Waals surface area contributed by atoms with Crippen molar-refractivity contribution in [2.45, 2.75) is 26.3 Å². The number of aryl methyl sites for hydroxylation is 1. The van der Waals surface area contributed by atoms with Gasteiger partial charge in [-0.3, -0.25) is 10.0 Å². The van der Waals surface area contributed by atoms with Gasteiger partial charge in [0, 0.05) is 18.1 Å². The average Bonchev–Trinajstić information content (AvgIpc) is 3.18. The topological polar surface area (TPSA) is 67.2 Å². The number of benzene rings is 3. The van der Waals surface area contributed by atoms with Crippen LogP contribution in [-0.4, -0.2) is 20.7 Å². The monoisotopic (exact) mass is 437 g/mol. The van der Waals surface area contributed by atoms with Gasteiger partial charge in [-0.15, -0.1) is 0 Å². The molecule has 0 aliphatic carbocycles. The minimum atomic E-state index is -0.565. The lowest BCUT2D eigenvalue weighted by atomic mass is 10.0. The molecule has 0 bridgehead atoms. The van der Waals surface area contributed by atoms with E-state index in [0.717, 1.165) is 34.8 Å². The number of hydrogen-bond donors (Lipinski definition) is 2. The minimum Gasteiger partial charge on any atom is -0.320 e. The van der Waals surface area contributed by atoms with Crippen molar-refractivity contribution < 1.29 is 10.0 Å². The summed E-state index contributed by atoms with van der Waals surface area (Å²) < 4.78 is 2.32. The molecule has 1 atom stereocenters. The van der Waals surface area contributed by atoms with Crippen molar-refractivity contribution in [1.29, 1.82) is 0 Å². The summed E-state index contributed by atoms with van der Waals surface area (Å²) in [6, 6.07) is 28.9. The first-order valence-corrected chi connectivity index (χ1v) is 11.0. The molecule has 5 heteroatoms. The zero-order valence-electron chi connectivity index (χ0n) is 18.8. The van der Waals surface area contributed by atoms with Crippen molar-refractivity contribution in [3.05, 3.63) is 119 Å². The molecule has 0 fully saturated rings. The van der Waals surface area contributed by atoms with E-state index in [0.29, 0.717) is 0 Å². The highest BCUT2D eigenvalue weighted by Gasteiger charge is 2.21. The maximum Gasteiger partial charge on any atom is 0.267 e. The summed E-state index contributed by atoms with van der Waals surface area (Å²) in [7, 11) is 0. The molecule has 1 aromatic heterocycles. The number of carbonyl (C=O) groups excluding carboxylic acids is 1. The molecule has 4 aromatic rings. The van der Waals surface area contributed by atoms with Gasteiger partial charge in [0.15, 0.2) is 0 Å². The molecule has 0 unspecified atom stereocenters. The first-order valence-electron chi connectivity index (χ1n) is 11.0. The fraction of sp³-hybridized carbons (Fsp3) is 0.143. The molecule has 2 N–H and O–H groups in total. The summed E-state index contributed by atoms with van der Waals surface area (Å²) in [4.78, 5) is 16.4. The smallest absolute Gasteiger partial charge is 0.267 e. The first kappa shape index (κ1) is 22.2. The van der Waals surface area contributed by atoms with E-state index in [1.807, 2.05) is 37.3 Å². The summed E-state index contributed by atoms with van der Waals surface area (Å²) in [6.45, 7) is 4.24. The Hall–Kier alpha value is -3.96. The zero-order valence-corrected chi connectivity index (χ0v) is 18.8. The zero-order chi connectivity index (χ0) is 23.2. The number of amides is 1. The van der Waals surface area contributed by atoms with E-state index >= 15 is 0 Å². The van der Waals surface area contributed by atoms with Crippen molar-refractivity contribution in [3.8, 4) is 11.3 Å². The van der Waals surface area contributed by atoms with E-state index < -0.39 is 5.91 Å². The lowest BCUT2D eigenvalue weighted by Crippen LogP contribution is -2.14. The van der Waals surface area contributed by atoms with Crippen LogP contribution in [-0.2, 0) is 11.2 Å². The predicted molar refractivity (Wildman–Crippen MR) is 131 cm³/mol. The van der Waals surface area contributed by atoms with Crippen LogP contribution in [0.4, 0.5) is 0 Å². The maximum absolute atomic E-state index is 11.4. The van der Waals surface area contributed by atoms with Crippen LogP contribution in [0.25, 0.3) is 17.3 Å². The van der Waals surface area contributed by atoms with Crippen LogP contribution in [0.2, 0.25) is 0 Å². The molecule has 33 heavy (non-hydrogen) atoms. The van der Waals surface area contributed by atoms with Crippen LogP contribution in [0.5, 0.6) is 0 Å². The second-order valence-electron chi connectivity index (χ2n) is 8.02. The molecule has 0 saturated carbocycles. The first-order chi connectivity index (χ1) is 16.1. The Balaban J connectivity index is 1.83. The minimum absolute atomic E-state index is 0.0838. The number of nitrogens with zero attached hydrogens (tertiary/aromatic N) is 2. The van der Waals surface area contributed by atoms with Gasteiger partial charge in [-0.25, -0.2) is 10.5 Å². The van der Waals surface area contributed by atoms with Crippen molar-refractivity contribution in [2.75, 3.05) is 0 Å². The second-order valence-corrected chi connectivity index (χ2v) is 8.02. The number of rotatable bonds is 7. The SMILES string of the molecule is Cc1nc(Cc2ccccc2)n([C@H](C)c2ccccc2)c1-c1cccc(C=CC(=O)NO)c1. The molecule has 0 aliphatic heterocycles. The summed E-state index contributed by atoms with van der Waals surface area (Å²) in [6.07, 6.45) is 3.71. The normalized spacial score (nSPS) is 12.1. The number of aromatic nitrogens is 2. The van der Waals surface area contributed by atoms with E-state index in [1.165, 1.54) is 17.2 Å². The van der Waals surface area contributed by atoms with E-state index in [2.05, 4.69) is 66.1 Å². The predicted octanol–water partition coefficient (Wildman–Crippen LogP) is 5.58. The number of carbonyl (C=O) groups is 1. The largest absolute Gasteiger partial charge is 0.320 e. The third-order valence-electron chi connectivity index (χ3n) is 5.73. The van der Waals surface area contributed by atoms with E-state index in [4.69, 9.17) is 10.2 Å². The number of hydrogen-bond acceptors (Lipinski definition) is 3. The van der Waals surface area contributed by atoms with Gasteiger partial charge in [-0.05, 0) is 42.7 Å². The fourth-order valence-electron chi connectivity index (χ4n) is 4.15. The lowest BCUT2D eigenvalue weighted by Gasteiger charge is -2.21. The molecular weight excluding hydrogens is 410 g/mol. The summed E-state index contributed by atoms with van der Waals surface area (Å²) in [5.74, 6) is 0.440. The highest BCUT2D eigenvalue weighted by atomic mass is 16.5. The van der Waals surface area contributed by atoms with Gasteiger partial charge in [0.25, 0.3) is 5.91 Å². The Labute approximate surface area is 194 Å². The molecule has 1 heterocycles. The quantitative estimate of drug-likeness (QED) is 0.225. The molecule has 4 rings (SSSR count). The number of nitrogens with one attached hydrogen (secondary N) is 1. The molecular formula is C28H27N3O2. The van der Waals surface area contributed by atoms with E-state index in [9.17, 15) is 4.79 Å². The van der Waals surface area contributed by atoms with Crippen LogP contribution in [0.3, 0.4) is 0 Å². The molecule has 3 aromatic carbocycles. The van der Waals surface area contributed by atoms with Crippen molar-refractivity contribution in [3.63, 3.8) is 0 Å². The van der Waals surface area contributed by atoms with Gasteiger partial charge in [-0.2, -0.15) is 0 Å². The van der Waals surface area contributed by atoms with Gasteiger partial charge >= 0.3 is 0 Å². The van der Waals surface area contributed by atoms with Crippen LogP contribution >= 0.6 is 0 Å². The van der Waals surface area contributed by atoms with Gasteiger partial charge in [-0.1, -0.05) is 78.9 Å². The van der Waals surface area contributed by atoms with Crippen LogP contribution in [0, 0.1) is 6.92 Å². The molecule has 1 amide bonds. The fourth-order valence-corrected chi connectivity index (χ4v) is 4.15. The molecule has 0 radical (unpaired) electrons. The molecule has 0 spiro atoms. The van der Waals surface area contributed by atoms with Gasteiger partial charge in [0.2, 0.25) is 0 Å².